The van der Waals surface area contributed by atoms with Crippen molar-refractivity contribution in [1.29, 1.82) is 0 Å². The average Bonchev–Trinajstić information content (AvgIpc) is 2.55. The zero-order valence-electron chi connectivity index (χ0n) is 10.8. The molecule has 90 valence electrons. The fraction of sp³-hybridized carbons (Fsp3) is 0.714. The van der Waals surface area contributed by atoms with Crippen LogP contribution < -0.4 is 5.32 Å². The average molecular weight is 220 g/mol. The molecule has 0 bridgehead atoms. The predicted octanol–water partition coefficient (Wildman–Crippen LogP) is 2.67. The maximum Gasteiger partial charge on any atom is 0.0196 e. The molecular formula is C14H24N2. The van der Waals surface area contributed by atoms with Crippen LogP contribution in [0.1, 0.15) is 36.7 Å². The summed E-state index contributed by atoms with van der Waals surface area (Å²) in [6.07, 6.45) is 3.97. The van der Waals surface area contributed by atoms with Gasteiger partial charge in [-0.25, -0.2) is 0 Å². The van der Waals surface area contributed by atoms with E-state index in [-0.39, 0.29) is 0 Å². The number of nitrogens with one attached hydrogen (secondary N) is 1. The second-order valence-corrected chi connectivity index (χ2v) is 5.04. The van der Waals surface area contributed by atoms with Crippen molar-refractivity contribution in [2.24, 2.45) is 5.92 Å². The fourth-order valence-corrected chi connectivity index (χ4v) is 2.96. The van der Waals surface area contributed by atoms with Gasteiger partial charge in [-0.15, -0.1) is 0 Å². The molecule has 0 unspecified atom stereocenters. The van der Waals surface area contributed by atoms with Gasteiger partial charge in [0.25, 0.3) is 0 Å². The molecule has 16 heavy (non-hydrogen) atoms. The molecule has 0 atom stereocenters. The van der Waals surface area contributed by atoms with Crippen LogP contribution in [0.25, 0.3) is 0 Å². The molecular weight excluding hydrogens is 196 g/mol. The monoisotopic (exact) mass is 220 g/mol. The standard InChI is InChI=1S/C14H24N2/c1-4-16-11(2)9-14(12(16)3)10-13-5-7-15-8-6-13/h9,13,15H,4-8,10H2,1-3H3. The van der Waals surface area contributed by atoms with E-state index < -0.39 is 0 Å². The molecule has 0 aromatic carbocycles. The highest BCUT2D eigenvalue weighted by Crippen LogP contribution is 2.22. The Bertz CT molecular complexity index is 346. The Kier molecular flexibility index (Phi) is 3.70. The number of piperidine rings is 1. The van der Waals surface area contributed by atoms with E-state index in [0.29, 0.717) is 0 Å². The van der Waals surface area contributed by atoms with Crippen LogP contribution in [0.2, 0.25) is 0 Å². The Morgan fingerprint density at radius 2 is 2.00 bits per heavy atom. The maximum atomic E-state index is 3.44. The lowest BCUT2D eigenvalue weighted by Gasteiger charge is -2.22. The van der Waals surface area contributed by atoms with Crippen molar-refractivity contribution in [2.45, 2.75) is 46.6 Å². The Labute approximate surface area is 99.0 Å². The van der Waals surface area contributed by atoms with Gasteiger partial charge < -0.3 is 9.88 Å². The van der Waals surface area contributed by atoms with Crippen LogP contribution in [0.15, 0.2) is 6.07 Å². The number of hydrogen-bond donors (Lipinski definition) is 1. The highest BCUT2D eigenvalue weighted by atomic mass is 15.0. The van der Waals surface area contributed by atoms with Crippen LogP contribution in [-0.4, -0.2) is 17.7 Å². The minimum atomic E-state index is 0.895. The van der Waals surface area contributed by atoms with E-state index in [2.05, 4.69) is 36.7 Å². The van der Waals surface area contributed by atoms with Gasteiger partial charge in [-0.2, -0.15) is 0 Å². The van der Waals surface area contributed by atoms with Gasteiger partial charge in [0.1, 0.15) is 0 Å². The molecule has 0 radical (unpaired) electrons. The molecule has 1 N–H and O–H groups in total. The Morgan fingerprint density at radius 3 is 2.56 bits per heavy atom. The van der Waals surface area contributed by atoms with E-state index in [4.69, 9.17) is 0 Å². The smallest absolute Gasteiger partial charge is 0.0196 e. The largest absolute Gasteiger partial charge is 0.349 e. The van der Waals surface area contributed by atoms with Gasteiger partial charge in [0, 0.05) is 17.9 Å². The highest BCUT2D eigenvalue weighted by Gasteiger charge is 2.16. The molecule has 2 heterocycles. The molecule has 1 aliphatic heterocycles. The van der Waals surface area contributed by atoms with Gasteiger partial charge in [-0.1, -0.05) is 0 Å². The van der Waals surface area contributed by atoms with Crippen molar-refractivity contribution in [3.63, 3.8) is 0 Å². The SMILES string of the molecule is CCn1c(C)cc(CC2CCNCC2)c1C. The summed E-state index contributed by atoms with van der Waals surface area (Å²) >= 11 is 0. The number of hydrogen-bond acceptors (Lipinski definition) is 1. The lowest BCUT2D eigenvalue weighted by molar-refractivity contribution is 0.372. The third kappa shape index (κ3) is 2.32. The summed E-state index contributed by atoms with van der Waals surface area (Å²) < 4.78 is 2.43. The first-order valence-corrected chi connectivity index (χ1v) is 6.58. The van der Waals surface area contributed by atoms with Gasteiger partial charge in [0.2, 0.25) is 0 Å². The molecule has 1 aliphatic rings. The summed E-state index contributed by atoms with van der Waals surface area (Å²) in [5, 5.41) is 3.44. The number of rotatable bonds is 3. The Balaban J connectivity index is 2.08. The van der Waals surface area contributed by atoms with Crippen LogP contribution in [0.3, 0.4) is 0 Å². The summed E-state index contributed by atoms with van der Waals surface area (Å²) in [6.45, 7) is 10.2. The minimum Gasteiger partial charge on any atom is -0.349 e. The van der Waals surface area contributed by atoms with E-state index in [0.717, 1.165) is 12.5 Å². The van der Waals surface area contributed by atoms with Gasteiger partial charge >= 0.3 is 0 Å². The van der Waals surface area contributed by atoms with Crippen molar-refractivity contribution in [3.05, 3.63) is 23.0 Å². The first-order chi connectivity index (χ1) is 7.72. The van der Waals surface area contributed by atoms with Crippen LogP contribution in [0, 0.1) is 19.8 Å². The van der Waals surface area contributed by atoms with Crippen molar-refractivity contribution < 1.29 is 0 Å². The molecule has 0 saturated carbocycles. The molecule has 1 aromatic heterocycles. The first-order valence-electron chi connectivity index (χ1n) is 6.58. The third-order valence-corrected chi connectivity index (χ3v) is 3.96. The summed E-state index contributed by atoms with van der Waals surface area (Å²) in [4.78, 5) is 0. The third-order valence-electron chi connectivity index (χ3n) is 3.96. The van der Waals surface area contributed by atoms with Crippen LogP contribution in [-0.2, 0) is 13.0 Å². The van der Waals surface area contributed by atoms with Crippen LogP contribution >= 0.6 is 0 Å². The van der Waals surface area contributed by atoms with Gasteiger partial charge in [-0.3, -0.25) is 0 Å². The van der Waals surface area contributed by atoms with Gasteiger partial charge in [-0.05, 0) is 70.7 Å². The lowest BCUT2D eigenvalue weighted by atomic mass is 9.91. The summed E-state index contributed by atoms with van der Waals surface area (Å²) in [5.74, 6) is 0.895. The second kappa shape index (κ2) is 5.05. The van der Waals surface area contributed by atoms with E-state index in [9.17, 15) is 0 Å². The van der Waals surface area contributed by atoms with Crippen molar-refractivity contribution in [2.75, 3.05) is 13.1 Å². The van der Waals surface area contributed by atoms with E-state index in [1.165, 1.54) is 43.7 Å². The van der Waals surface area contributed by atoms with Gasteiger partial charge in [0.15, 0.2) is 0 Å². The molecule has 0 aliphatic carbocycles. The molecule has 1 aromatic rings. The van der Waals surface area contributed by atoms with Gasteiger partial charge in [0.05, 0.1) is 0 Å². The molecule has 2 heteroatoms. The Hall–Kier alpha value is -0.760. The number of aryl methyl sites for hydroxylation is 1. The maximum absolute atomic E-state index is 3.44. The minimum absolute atomic E-state index is 0.895. The summed E-state index contributed by atoms with van der Waals surface area (Å²) in [7, 11) is 0. The van der Waals surface area contributed by atoms with Crippen LogP contribution in [0.5, 0.6) is 0 Å². The van der Waals surface area contributed by atoms with Crippen molar-refractivity contribution in [3.8, 4) is 0 Å². The zero-order valence-corrected chi connectivity index (χ0v) is 10.8. The van der Waals surface area contributed by atoms with Crippen molar-refractivity contribution >= 4 is 0 Å². The first kappa shape index (κ1) is 11.7. The molecule has 2 nitrogen and oxygen atoms in total. The molecule has 1 fully saturated rings. The second-order valence-electron chi connectivity index (χ2n) is 5.04. The number of aromatic nitrogens is 1. The normalized spacial score (nSPS) is 17.9. The summed E-state index contributed by atoms with van der Waals surface area (Å²) in [5.41, 5.74) is 4.48. The molecule has 1 saturated heterocycles. The highest BCUT2D eigenvalue weighted by molar-refractivity contribution is 5.27. The zero-order chi connectivity index (χ0) is 11.5. The predicted molar refractivity (Wildman–Crippen MR) is 68.9 cm³/mol. The summed E-state index contributed by atoms with van der Waals surface area (Å²) in [6, 6.07) is 2.39. The van der Waals surface area contributed by atoms with E-state index in [1.807, 2.05) is 0 Å². The lowest BCUT2D eigenvalue weighted by Crippen LogP contribution is -2.28. The van der Waals surface area contributed by atoms with Crippen molar-refractivity contribution in [1.82, 2.24) is 9.88 Å². The molecule has 2 rings (SSSR count). The number of nitrogens with zero attached hydrogens (tertiary/aromatic N) is 1. The molecule has 0 amide bonds. The van der Waals surface area contributed by atoms with E-state index >= 15 is 0 Å². The van der Waals surface area contributed by atoms with Crippen LogP contribution in [0.4, 0.5) is 0 Å². The van der Waals surface area contributed by atoms with E-state index in [1.54, 1.807) is 5.56 Å². The fourth-order valence-electron chi connectivity index (χ4n) is 2.96. The topological polar surface area (TPSA) is 17.0 Å². The Morgan fingerprint density at radius 1 is 1.31 bits per heavy atom. The molecule has 0 spiro atoms. The quantitative estimate of drug-likeness (QED) is 0.828.